The van der Waals surface area contributed by atoms with Gasteiger partial charge in [-0.05, 0) is 42.7 Å². The Morgan fingerprint density at radius 2 is 1.93 bits per heavy atom. The summed E-state index contributed by atoms with van der Waals surface area (Å²) in [5.41, 5.74) is 1.86. The van der Waals surface area contributed by atoms with Gasteiger partial charge in [-0.2, -0.15) is 0 Å². The zero-order valence-electron chi connectivity index (χ0n) is 14.9. The number of benzene rings is 2. The Morgan fingerprint density at radius 3 is 2.59 bits per heavy atom. The summed E-state index contributed by atoms with van der Waals surface area (Å²) in [7, 11) is 1.64. The molecule has 3 aromatic rings. The predicted octanol–water partition coefficient (Wildman–Crippen LogP) is 3.39. The molecule has 138 valence electrons. The molecule has 0 radical (unpaired) electrons. The lowest BCUT2D eigenvalue weighted by molar-refractivity contribution is -0.120. The van der Waals surface area contributed by atoms with Crippen LogP contribution in [0.5, 0.6) is 5.75 Å². The summed E-state index contributed by atoms with van der Waals surface area (Å²) in [6.07, 6.45) is 3.77. The lowest BCUT2D eigenvalue weighted by Gasteiger charge is -2.17. The summed E-state index contributed by atoms with van der Waals surface area (Å²) in [5, 5.41) is 11.7. The topological polar surface area (TPSA) is 69.0 Å². The number of hydrogen-bond donors (Lipinski definition) is 1. The SMILES string of the molecule is COc1ccc(-n2cnnc2SC(C(=O)NC2CC2)c2ccccc2)cc1. The molecule has 0 spiro atoms. The van der Waals surface area contributed by atoms with Gasteiger partial charge in [-0.15, -0.1) is 10.2 Å². The Balaban J connectivity index is 1.61. The molecule has 0 aliphatic heterocycles. The fourth-order valence-corrected chi connectivity index (χ4v) is 3.77. The largest absolute Gasteiger partial charge is 0.497 e. The van der Waals surface area contributed by atoms with Gasteiger partial charge in [-0.3, -0.25) is 9.36 Å². The van der Waals surface area contributed by atoms with Crippen LogP contribution >= 0.6 is 11.8 Å². The number of ether oxygens (including phenoxy) is 1. The van der Waals surface area contributed by atoms with Crippen molar-refractivity contribution in [3.8, 4) is 11.4 Å². The number of nitrogens with one attached hydrogen (secondary N) is 1. The van der Waals surface area contributed by atoms with Crippen molar-refractivity contribution < 1.29 is 9.53 Å². The lowest BCUT2D eigenvalue weighted by Crippen LogP contribution is -2.29. The number of amides is 1. The van der Waals surface area contributed by atoms with Crippen LogP contribution in [0, 0.1) is 0 Å². The highest BCUT2D eigenvalue weighted by Crippen LogP contribution is 2.36. The summed E-state index contributed by atoms with van der Waals surface area (Å²) in [4.78, 5) is 12.8. The number of carbonyl (C=O) groups is 1. The minimum absolute atomic E-state index is 0.0120. The Bertz CT molecular complexity index is 907. The van der Waals surface area contributed by atoms with Crippen molar-refractivity contribution in [2.45, 2.75) is 29.3 Å². The van der Waals surface area contributed by atoms with Crippen LogP contribution in [-0.2, 0) is 4.79 Å². The van der Waals surface area contributed by atoms with Crippen molar-refractivity contribution in [2.24, 2.45) is 0 Å². The number of methoxy groups -OCH3 is 1. The van der Waals surface area contributed by atoms with Gasteiger partial charge in [0.05, 0.1) is 7.11 Å². The molecule has 27 heavy (non-hydrogen) atoms. The molecular formula is C20H20N4O2S. The fourth-order valence-electron chi connectivity index (χ4n) is 2.74. The first kappa shape index (κ1) is 17.6. The van der Waals surface area contributed by atoms with E-state index in [1.165, 1.54) is 11.8 Å². The Labute approximate surface area is 162 Å². The second-order valence-electron chi connectivity index (χ2n) is 6.37. The molecular weight excluding hydrogens is 360 g/mol. The number of aromatic nitrogens is 3. The first-order valence-electron chi connectivity index (χ1n) is 8.81. The van der Waals surface area contributed by atoms with E-state index >= 15 is 0 Å². The van der Waals surface area contributed by atoms with Crippen LogP contribution in [0.4, 0.5) is 0 Å². The molecule has 1 fully saturated rings. The third kappa shape index (κ3) is 4.14. The molecule has 1 saturated carbocycles. The Kier molecular flexibility index (Phi) is 5.11. The number of thioether (sulfide) groups is 1. The van der Waals surface area contributed by atoms with E-state index in [-0.39, 0.29) is 11.2 Å². The van der Waals surface area contributed by atoms with E-state index in [1.54, 1.807) is 13.4 Å². The van der Waals surface area contributed by atoms with Crippen LogP contribution < -0.4 is 10.1 Å². The monoisotopic (exact) mass is 380 g/mol. The predicted molar refractivity (Wildman–Crippen MR) is 104 cm³/mol. The quantitative estimate of drug-likeness (QED) is 0.637. The van der Waals surface area contributed by atoms with Gasteiger partial charge in [0.25, 0.3) is 0 Å². The number of hydrogen-bond acceptors (Lipinski definition) is 5. The Morgan fingerprint density at radius 1 is 1.19 bits per heavy atom. The molecule has 1 aliphatic rings. The molecule has 1 heterocycles. The van der Waals surface area contributed by atoms with Gasteiger partial charge in [0.1, 0.15) is 17.3 Å². The summed E-state index contributed by atoms with van der Waals surface area (Å²) in [6.45, 7) is 0. The van der Waals surface area contributed by atoms with Crippen LogP contribution in [0.3, 0.4) is 0 Å². The second-order valence-corrected chi connectivity index (χ2v) is 7.45. The normalized spacial score (nSPS) is 14.6. The number of rotatable bonds is 7. The highest BCUT2D eigenvalue weighted by atomic mass is 32.2. The molecule has 4 rings (SSSR count). The van der Waals surface area contributed by atoms with Crippen molar-refractivity contribution in [3.63, 3.8) is 0 Å². The minimum Gasteiger partial charge on any atom is -0.497 e. The van der Waals surface area contributed by atoms with Gasteiger partial charge in [0, 0.05) is 11.7 Å². The van der Waals surface area contributed by atoms with Gasteiger partial charge < -0.3 is 10.1 Å². The van der Waals surface area contributed by atoms with E-state index in [9.17, 15) is 4.79 Å². The molecule has 1 N–H and O–H groups in total. The summed E-state index contributed by atoms with van der Waals surface area (Å²) in [6, 6.07) is 17.7. The summed E-state index contributed by atoms with van der Waals surface area (Å²) < 4.78 is 7.09. The third-order valence-corrected chi connectivity index (χ3v) is 5.57. The third-order valence-electron chi connectivity index (χ3n) is 4.35. The smallest absolute Gasteiger partial charge is 0.238 e. The molecule has 1 unspecified atom stereocenters. The molecule has 6 nitrogen and oxygen atoms in total. The van der Waals surface area contributed by atoms with Gasteiger partial charge in [0.2, 0.25) is 5.91 Å². The first-order chi connectivity index (χ1) is 13.2. The van der Waals surface area contributed by atoms with Crippen LogP contribution in [0.2, 0.25) is 0 Å². The van der Waals surface area contributed by atoms with Crippen LogP contribution in [0.1, 0.15) is 23.7 Å². The van der Waals surface area contributed by atoms with Crippen molar-refractivity contribution >= 4 is 17.7 Å². The van der Waals surface area contributed by atoms with E-state index in [0.29, 0.717) is 11.2 Å². The van der Waals surface area contributed by atoms with Crippen LogP contribution in [0.15, 0.2) is 66.1 Å². The second kappa shape index (κ2) is 7.84. The van der Waals surface area contributed by atoms with Crippen LogP contribution in [-0.4, -0.2) is 33.8 Å². The molecule has 1 aromatic heterocycles. The maximum atomic E-state index is 12.8. The van der Waals surface area contributed by atoms with E-state index in [1.807, 2.05) is 59.2 Å². The molecule has 0 saturated heterocycles. The maximum absolute atomic E-state index is 12.8. The highest BCUT2D eigenvalue weighted by molar-refractivity contribution is 8.00. The van der Waals surface area contributed by atoms with Crippen molar-refractivity contribution in [3.05, 3.63) is 66.5 Å². The fraction of sp³-hybridized carbons (Fsp3) is 0.250. The molecule has 7 heteroatoms. The van der Waals surface area contributed by atoms with Crippen molar-refractivity contribution in [1.29, 1.82) is 0 Å². The van der Waals surface area contributed by atoms with E-state index in [0.717, 1.165) is 29.8 Å². The molecule has 1 amide bonds. The number of carbonyl (C=O) groups excluding carboxylic acids is 1. The molecule has 2 aromatic carbocycles. The lowest BCUT2D eigenvalue weighted by atomic mass is 10.1. The summed E-state index contributed by atoms with van der Waals surface area (Å²) >= 11 is 1.40. The standard InChI is InChI=1S/C20H20N4O2S/c1-26-17-11-9-16(10-12-17)24-13-21-23-20(24)27-18(14-5-3-2-4-6-14)19(25)22-15-7-8-15/h2-6,9-13,15,18H,7-8H2,1H3,(H,22,25). The van der Waals surface area contributed by atoms with E-state index < -0.39 is 0 Å². The van der Waals surface area contributed by atoms with Crippen LogP contribution in [0.25, 0.3) is 5.69 Å². The zero-order chi connectivity index (χ0) is 18.6. The summed E-state index contributed by atoms with van der Waals surface area (Å²) in [5.74, 6) is 0.796. The molecule has 0 bridgehead atoms. The molecule has 1 aliphatic carbocycles. The highest BCUT2D eigenvalue weighted by Gasteiger charge is 2.30. The van der Waals surface area contributed by atoms with Gasteiger partial charge in [-0.25, -0.2) is 0 Å². The average Bonchev–Trinajstić information content (AvgIpc) is 3.40. The number of nitrogens with zero attached hydrogens (tertiary/aromatic N) is 3. The molecule has 1 atom stereocenters. The minimum atomic E-state index is -0.381. The first-order valence-corrected chi connectivity index (χ1v) is 9.69. The maximum Gasteiger partial charge on any atom is 0.238 e. The van der Waals surface area contributed by atoms with Gasteiger partial charge in [-0.1, -0.05) is 42.1 Å². The van der Waals surface area contributed by atoms with E-state index in [4.69, 9.17) is 4.74 Å². The van der Waals surface area contributed by atoms with Crippen molar-refractivity contribution in [1.82, 2.24) is 20.1 Å². The van der Waals surface area contributed by atoms with E-state index in [2.05, 4.69) is 15.5 Å². The zero-order valence-corrected chi connectivity index (χ0v) is 15.7. The van der Waals surface area contributed by atoms with Gasteiger partial charge >= 0.3 is 0 Å². The van der Waals surface area contributed by atoms with Gasteiger partial charge in [0.15, 0.2) is 5.16 Å². The van der Waals surface area contributed by atoms with Crippen molar-refractivity contribution in [2.75, 3.05) is 7.11 Å². The average molecular weight is 380 g/mol. The Hall–Kier alpha value is -2.80.